The highest BCUT2D eigenvalue weighted by Crippen LogP contribution is 2.21. The second kappa shape index (κ2) is 15.9. The summed E-state index contributed by atoms with van der Waals surface area (Å²) in [4.78, 5) is 6.73. The predicted octanol–water partition coefficient (Wildman–Crippen LogP) is 4.65. The number of nitrogens with zero attached hydrogens (tertiary/aromatic N) is 1. The molecule has 0 aliphatic heterocycles. The van der Waals surface area contributed by atoms with Crippen LogP contribution in [0.4, 0.5) is 0 Å². The van der Waals surface area contributed by atoms with E-state index in [0.29, 0.717) is 6.10 Å². The lowest BCUT2D eigenvalue weighted by Crippen LogP contribution is -2.52. The van der Waals surface area contributed by atoms with Crippen LogP contribution in [0.5, 0.6) is 0 Å². The largest absolute Gasteiger partial charge is 0.200 e. The van der Waals surface area contributed by atoms with Gasteiger partial charge in [0.1, 0.15) is 25.7 Å². The number of hydrogen-bond donors (Lipinski definition) is 0. The smallest absolute Gasteiger partial charge is 0.117 e. The summed E-state index contributed by atoms with van der Waals surface area (Å²) in [5, 5.41) is 0. The first-order valence-electron chi connectivity index (χ1n) is 9.72. The van der Waals surface area contributed by atoms with Crippen molar-refractivity contribution < 1.29 is 9.48 Å². The van der Waals surface area contributed by atoms with Crippen molar-refractivity contribution in [3.63, 3.8) is 0 Å². The Bertz CT molecular complexity index is 202. The van der Waals surface area contributed by atoms with Gasteiger partial charge in [-0.25, -0.2) is 0 Å². The van der Waals surface area contributed by atoms with Crippen molar-refractivity contribution in [2.75, 3.05) is 19.6 Å². The lowest BCUT2D eigenvalue weighted by atomic mass is 10.1. The van der Waals surface area contributed by atoms with Crippen LogP contribution in [-0.4, -0.2) is 38.8 Å². The standard InChI is InChI=1S/C19H42NO.BH4/c1-6-11-15-19(10-5)21-20(16-12-7-2,17-13-8-3)18-14-9-4;/h19H,6-18H2,1-5H3;1H4/q+1;-1. The molecule has 0 fully saturated rings. The number of hydroxylamine groups is 3. The van der Waals surface area contributed by atoms with Crippen LogP contribution >= 0.6 is 0 Å². The highest BCUT2D eigenvalue weighted by molar-refractivity contribution is 5.75. The third kappa shape index (κ3) is 10.7. The van der Waals surface area contributed by atoms with E-state index >= 15 is 0 Å². The van der Waals surface area contributed by atoms with Gasteiger partial charge in [-0.3, -0.25) is 0 Å². The van der Waals surface area contributed by atoms with Crippen LogP contribution in [0, 0.1) is 0 Å². The van der Waals surface area contributed by atoms with Crippen molar-refractivity contribution in [3.8, 4) is 0 Å². The van der Waals surface area contributed by atoms with Crippen LogP contribution in [-0.2, 0) is 4.84 Å². The van der Waals surface area contributed by atoms with E-state index < -0.39 is 0 Å². The number of rotatable bonds is 15. The van der Waals surface area contributed by atoms with Crippen LogP contribution in [0.1, 0.15) is 98.8 Å². The summed E-state index contributed by atoms with van der Waals surface area (Å²) in [5.74, 6) is 0. The molecule has 0 saturated heterocycles. The molecule has 136 valence electrons. The van der Waals surface area contributed by atoms with E-state index in [9.17, 15) is 0 Å². The van der Waals surface area contributed by atoms with E-state index in [2.05, 4.69) is 34.6 Å². The van der Waals surface area contributed by atoms with E-state index in [4.69, 9.17) is 4.84 Å². The fourth-order valence-corrected chi connectivity index (χ4v) is 2.91. The molecule has 1 atom stereocenters. The van der Waals surface area contributed by atoms with E-state index in [1.54, 1.807) is 0 Å². The van der Waals surface area contributed by atoms with Crippen molar-refractivity contribution >= 4 is 8.41 Å². The van der Waals surface area contributed by atoms with Gasteiger partial charge in [0.2, 0.25) is 0 Å². The minimum absolute atomic E-state index is 0. The van der Waals surface area contributed by atoms with Gasteiger partial charge in [-0.15, -0.1) is 0 Å². The zero-order valence-corrected chi connectivity index (χ0v) is 15.6. The van der Waals surface area contributed by atoms with E-state index in [0.717, 1.165) is 11.1 Å². The predicted molar refractivity (Wildman–Crippen MR) is 106 cm³/mol. The van der Waals surface area contributed by atoms with Crippen LogP contribution in [0.15, 0.2) is 0 Å². The van der Waals surface area contributed by atoms with Crippen molar-refractivity contribution in [2.24, 2.45) is 0 Å². The van der Waals surface area contributed by atoms with Crippen LogP contribution in [0.2, 0.25) is 0 Å². The first-order valence-corrected chi connectivity index (χ1v) is 9.72. The van der Waals surface area contributed by atoms with Gasteiger partial charge in [0.25, 0.3) is 0 Å². The van der Waals surface area contributed by atoms with Crippen molar-refractivity contribution in [1.29, 1.82) is 0 Å². The Kier molecular flexibility index (Phi) is 17.5. The average molecular weight is 315 g/mol. The van der Waals surface area contributed by atoms with E-state index in [1.165, 1.54) is 77.4 Å². The molecule has 22 heavy (non-hydrogen) atoms. The Labute approximate surface area is 143 Å². The zero-order chi connectivity index (χ0) is 16.0. The maximum Gasteiger partial charge on any atom is 0.117 e. The van der Waals surface area contributed by atoms with E-state index in [1.807, 2.05) is 0 Å². The summed E-state index contributed by atoms with van der Waals surface area (Å²) < 4.78 is 0.928. The summed E-state index contributed by atoms with van der Waals surface area (Å²) >= 11 is 0. The number of quaternary nitrogens is 1. The topological polar surface area (TPSA) is 9.23 Å². The zero-order valence-electron chi connectivity index (χ0n) is 15.6. The van der Waals surface area contributed by atoms with Crippen LogP contribution in [0.25, 0.3) is 0 Å². The van der Waals surface area contributed by atoms with Gasteiger partial charge in [0, 0.05) is 0 Å². The molecule has 0 aromatic carbocycles. The third-order valence-electron chi connectivity index (χ3n) is 4.47. The second-order valence-electron chi connectivity index (χ2n) is 6.57. The van der Waals surface area contributed by atoms with Crippen molar-refractivity contribution in [3.05, 3.63) is 0 Å². The Morgan fingerprint density at radius 1 is 0.682 bits per heavy atom. The normalized spacial score (nSPS) is 13.0. The lowest BCUT2D eigenvalue weighted by Gasteiger charge is -2.38. The number of unbranched alkanes of at least 4 members (excludes halogenated alkanes) is 4. The molecule has 0 amide bonds. The van der Waals surface area contributed by atoms with E-state index in [-0.39, 0.29) is 8.41 Å². The molecule has 2 nitrogen and oxygen atoms in total. The Morgan fingerprint density at radius 3 is 1.41 bits per heavy atom. The Hall–Kier alpha value is -0.0151. The molecule has 3 heteroatoms. The van der Waals surface area contributed by atoms with Crippen molar-refractivity contribution in [1.82, 2.24) is 0 Å². The molecule has 0 saturated carbocycles. The minimum atomic E-state index is 0. The molecular formula is C19H46BNO. The number of hydrogen-bond acceptors (Lipinski definition) is 1. The minimum Gasteiger partial charge on any atom is -0.200 e. The quantitative estimate of drug-likeness (QED) is 0.243. The highest BCUT2D eigenvalue weighted by atomic mass is 16.7. The summed E-state index contributed by atoms with van der Waals surface area (Å²) in [6.07, 6.45) is 13.1. The lowest BCUT2D eigenvalue weighted by molar-refractivity contribution is -1.11. The molecule has 0 spiro atoms. The fraction of sp³-hybridized carbons (Fsp3) is 1.00. The van der Waals surface area contributed by atoms with Gasteiger partial charge in [-0.2, -0.15) is 9.48 Å². The molecule has 0 aromatic heterocycles. The Balaban J connectivity index is 0. The van der Waals surface area contributed by atoms with Gasteiger partial charge in [-0.1, -0.05) is 75.1 Å². The van der Waals surface area contributed by atoms with Gasteiger partial charge >= 0.3 is 0 Å². The molecule has 0 N–H and O–H groups in total. The highest BCUT2D eigenvalue weighted by Gasteiger charge is 2.31. The van der Waals surface area contributed by atoms with Crippen LogP contribution < -0.4 is 0 Å². The fourth-order valence-electron chi connectivity index (χ4n) is 2.91. The molecule has 0 radical (unpaired) electrons. The summed E-state index contributed by atoms with van der Waals surface area (Å²) in [5.41, 5.74) is 0. The second-order valence-corrected chi connectivity index (χ2v) is 6.57. The van der Waals surface area contributed by atoms with Crippen molar-refractivity contribution in [2.45, 2.75) is 105 Å². The summed E-state index contributed by atoms with van der Waals surface area (Å²) in [6, 6.07) is 0. The van der Waals surface area contributed by atoms with Gasteiger partial charge in [-0.05, 0) is 32.1 Å². The first-order chi connectivity index (χ1) is 10.2. The molecule has 0 bridgehead atoms. The van der Waals surface area contributed by atoms with Gasteiger partial charge in [0.05, 0.1) is 0 Å². The molecule has 0 aliphatic carbocycles. The monoisotopic (exact) mass is 315 g/mol. The molecule has 0 rings (SSSR count). The maximum absolute atomic E-state index is 6.73. The summed E-state index contributed by atoms with van der Waals surface area (Å²) in [6.45, 7) is 15.1. The molecular weight excluding hydrogens is 269 g/mol. The average Bonchev–Trinajstić information content (AvgIpc) is 2.52. The Morgan fingerprint density at radius 2 is 1.09 bits per heavy atom. The molecule has 0 heterocycles. The summed E-state index contributed by atoms with van der Waals surface area (Å²) in [7, 11) is 0. The first kappa shape index (κ1) is 24.2. The molecule has 0 aromatic rings. The van der Waals surface area contributed by atoms with Gasteiger partial charge in [0.15, 0.2) is 0 Å². The molecule has 1 unspecified atom stereocenters. The van der Waals surface area contributed by atoms with Gasteiger partial charge < -0.3 is 0 Å². The molecule has 0 aliphatic rings. The third-order valence-corrected chi connectivity index (χ3v) is 4.47. The van der Waals surface area contributed by atoms with Crippen LogP contribution in [0.3, 0.4) is 0 Å². The maximum atomic E-state index is 6.73. The SMILES string of the molecule is CCCCC(CC)O[N+](CCCC)(CCCC)CCCC.[BH4-].